The second-order valence-electron chi connectivity index (χ2n) is 5.11. The molecule has 2 rings (SSSR count). The zero-order valence-electron chi connectivity index (χ0n) is 12.5. The summed E-state index contributed by atoms with van der Waals surface area (Å²) in [5, 5.41) is 18.3. The van der Waals surface area contributed by atoms with Gasteiger partial charge >= 0.3 is 0 Å². The highest BCUT2D eigenvalue weighted by Gasteiger charge is 2.13. The molecule has 0 radical (unpaired) electrons. The maximum absolute atomic E-state index is 9.25. The molecule has 0 atom stereocenters. The molecule has 0 saturated heterocycles. The van der Waals surface area contributed by atoms with Gasteiger partial charge in [-0.1, -0.05) is 6.07 Å². The summed E-state index contributed by atoms with van der Waals surface area (Å²) >= 11 is 0. The molecule has 0 saturated carbocycles. The van der Waals surface area contributed by atoms with Gasteiger partial charge in [0, 0.05) is 44.8 Å². The average Bonchev–Trinajstić information content (AvgIpc) is 2.76. The molecule has 2 aromatic heterocycles. The Balaban J connectivity index is 2.15. The van der Waals surface area contributed by atoms with Crippen LogP contribution in [0.3, 0.4) is 0 Å². The van der Waals surface area contributed by atoms with E-state index >= 15 is 0 Å². The van der Waals surface area contributed by atoms with Crippen LogP contribution in [0.2, 0.25) is 0 Å². The molecule has 0 aromatic carbocycles. The molecule has 5 nitrogen and oxygen atoms in total. The summed E-state index contributed by atoms with van der Waals surface area (Å²) < 4.78 is 1.90. The van der Waals surface area contributed by atoms with Crippen LogP contribution < -0.4 is 0 Å². The second-order valence-corrected chi connectivity index (χ2v) is 5.11. The Morgan fingerprint density at radius 3 is 2.81 bits per heavy atom. The number of hydrogen-bond donors (Lipinski definition) is 1. The molecule has 110 valence electrons. The van der Waals surface area contributed by atoms with Crippen LogP contribution in [0.1, 0.15) is 22.5 Å². The largest absolute Gasteiger partial charge is 0.395 e. The van der Waals surface area contributed by atoms with E-state index in [1.807, 2.05) is 42.9 Å². The number of aliphatic hydroxyl groups is 1. The predicted molar refractivity (Wildman–Crippen MR) is 80.3 cm³/mol. The summed E-state index contributed by atoms with van der Waals surface area (Å²) in [6, 6.07) is 8.05. The maximum Gasteiger partial charge on any atom is 0.120 e. The molecular formula is C16H20N4O. The Bertz CT molecular complexity index is 628. The normalized spacial score (nSPS) is 10.8. The zero-order valence-corrected chi connectivity index (χ0v) is 12.5. The molecule has 0 amide bonds. The van der Waals surface area contributed by atoms with Crippen molar-refractivity contribution in [2.45, 2.75) is 20.0 Å². The molecule has 0 aliphatic rings. The van der Waals surface area contributed by atoms with Crippen molar-refractivity contribution in [1.82, 2.24) is 14.5 Å². The summed E-state index contributed by atoms with van der Waals surface area (Å²) in [6.07, 6.45) is 3.59. The molecule has 2 heterocycles. The summed E-state index contributed by atoms with van der Waals surface area (Å²) in [6.45, 7) is 4.14. The van der Waals surface area contributed by atoms with E-state index in [9.17, 15) is 5.11 Å². The van der Waals surface area contributed by atoms with Crippen molar-refractivity contribution in [2.24, 2.45) is 7.05 Å². The van der Waals surface area contributed by atoms with Gasteiger partial charge in [0.2, 0.25) is 0 Å². The number of aromatic nitrogens is 2. The minimum absolute atomic E-state index is 0.108. The monoisotopic (exact) mass is 284 g/mol. The lowest BCUT2D eigenvalue weighted by Crippen LogP contribution is -2.26. The highest BCUT2D eigenvalue weighted by molar-refractivity contribution is 5.34. The van der Waals surface area contributed by atoms with Crippen LogP contribution in [-0.4, -0.2) is 32.7 Å². The molecule has 21 heavy (non-hydrogen) atoms. The molecule has 0 unspecified atom stereocenters. The van der Waals surface area contributed by atoms with Crippen molar-refractivity contribution >= 4 is 0 Å². The van der Waals surface area contributed by atoms with Crippen LogP contribution in [0, 0.1) is 18.3 Å². The molecule has 1 N–H and O–H groups in total. The van der Waals surface area contributed by atoms with Crippen molar-refractivity contribution in [3.63, 3.8) is 0 Å². The first-order chi connectivity index (χ1) is 10.2. The third-order valence-electron chi connectivity index (χ3n) is 3.69. The summed E-state index contributed by atoms with van der Waals surface area (Å²) in [5.41, 5.74) is 3.97. The van der Waals surface area contributed by atoms with Crippen molar-refractivity contribution in [1.29, 1.82) is 5.26 Å². The van der Waals surface area contributed by atoms with Gasteiger partial charge in [0.25, 0.3) is 0 Å². The van der Waals surface area contributed by atoms with Crippen LogP contribution in [0.25, 0.3) is 0 Å². The lowest BCUT2D eigenvalue weighted by Gasteiger charge is -2.21. The highest BCUT2D eigenvalue weighted by Crippen LogP contribution is 2.17. The Morgan fingerprint density at radius 2 is 2.24 bits per heavy atom. The molecule has 5 heteroatoms. The quantitative estimate of drug-likeness (QED) is 0.875. The second kappa shape index (κ2) is 7.02. The van der Waals surface area contributed by atoms with Crippen LogP contribution in [0.4, 0.5) is 0 Å². The van der Waals surface area contributed by atoms with E-state index in [1.165, 1.54) is 0 Å². The predicted octanol–water partition coefficient (Wildman–Crippen LogP) is 1.59. The third-order valence-corrected chi connectivity index (χ3v) is 3.69. The van der Waals surface area contributed by atoms with E-state index in [0.717, 1.165) is 23.4 Å². The number of nitrogens with zero attached hydrogens (tertiary/aromatic N) is 4. The van der Waals surface area contributed by atoms with Crippen molar-refractivity contribution < 1.29 is 5.11 Å². The van der Waals surface area contributed by atoms with E-state index in [1.54, 1.807) is 6.20 Å². The van der Waals surface area contributed by atoms with Gasteiger partial charge in [0.05, 0.1) is 6.61 Å². The topological polar surface area (TPSA) is 65.1 Å². The first-order valence-electron chi connectivity index (χ1n) is 6.93. The number of hydrogen-bond acceptors (Lipinski definition) is 4. The van der Waals surface area contributed by atoms with Gasteiger partial charge in [-0.05, 0) is 30.2 Å². The molecule has 0 spiro atoms. The standard InChI is InChI=1S/C16H20N4O/c1-13-15(8-16(9-17)19(13)2)12-20(6-7-21)11-14-4-3-5-18-10-14/h3-5,8,10,21H,6-7,11-12H2,1-2H3. The van der Waals surface area contributed by atoms with Gasteiger partial charge in [-0.15, -0.1) is 0 Å². The van der Waals surface area contributed by atoms with Gasteiger partial charge in [0.15, 0.2) is 0 Å². The van der Waals surface area contributed by atoms with Gasteiger partial charge in [-0.2, -0.15) is 5.26 Å². The zero-order chi connectivity index (χ0) is 15.2. The van der Waals surface area contributed by atoms with Crippen molar-refractivity contribution in [2.75, 3.05) is 13.2 Å². The smallest absolute Gasteiger partial charge is 0.120 e. The fraction of sp³-hybridized carbons (Fsp3) is 0.375. The lowest BCUT2D eigenvalue weighted by atomic mass is 10.2. The van der Waals surface area contributed by atoms with E-state index in [4.69, 9.17) is 5.26 Å². The first kappa shape index (κ1) is 15.2. The number of aliphatic hydroxyl groups excluding tert-OH is 1. The van der Waals surface area contributed by atoms with E-state index in [0.29, 0.717) is 18.8 Å². The van der Waals surface area contributed by atoms with Gasteiger partial charge in [-0.3, -0.25) is 9.88 Å². The minimum atomic E-state index is 0.108. The Hall–Kier alpha value is -2.16. The molecule has 0 aliphatic heterocycles. The van der Waals surface area contributed by atoms with Crippen LogP contribution in [-0.2, 0) is 20.1 Å². The lowest BCUT2D eigenvalue weighted by molar-refractivity contribution is 0.184. The minimum Gasteiger partial charge on any atom is -0.395 e. The average molecular weight is 284 g/mol. The summed E-state index contributed by atoms with van der Waals surface area (Å²) in [5.74, 6) is 0. The van der Waals surface area contributed by atoms with Gasteiger partial charge < -0.3 is 9.67 Å². The maximum atomic E-state index is 9.25. The molecule has 0 fully saturated rings. The molecule has 0 bridgehead atoms. The van der Waals surface area contributed by atoms with Crippen LogP contribution in [0.15, 0.2) is 30.6 Å². The summed E-state index contributed by atoms with van der Waals surface area (Å²) in [7, 11) is 1.90. The van der Waals surface area contributed by atoms with Crippen molar-refractivity contribution in [3.05, 3.63) is 53.1 Å². The van der Waals surface area contributed by atoms with Crippen molar-refractivity contribution in [3.8, 4) is 6.07 Å². The van der Waals surface area contributed by atoms with Gasteiger partial charge in [-0.25, -0.2) is 0 Å². The SMILES string of the molecule is Cc1c(CN(CCO)Cc2cccnc2)cc(C#N)n1C. The summed E-state index contributed by atoms with van der Waals surface area (Å²) in [4.78, 5) is 6.27. The molecule has 0 aliphatic carbocycles. The van der Waals surface area contributed by atoms with E-state index in [2.05, 4.69) is 16.0 Å². The highest BCUT2D eigenvalue weighted by atomic mass is 16.3. The van der Waals surface area contributed by atoms with Gasteiger partial charge in [0.1, 0.15) is 11.8 Å². The number of pyridine rings is 1. The molecular weight excluding hydrogens is 264 g/mol. The van der Waals surface area contributed by atoms with Crippen LogP contribution in [0.5, 0.6) is 0 Å². The molecule has 2 aromatic rings. The fourth-order valence-corrected chi connectivity index (χ4v) is 2.38. The Morgan fingerprint density at radius 1 is 1.43 bits per heavy atom. The first-order valence-corrected chi connectivity index (χ1v) is 6.93. The fourth-order valence-electron chi connectivity index (χ4n) is 2.38. The number of rotatable bonds is 6. The Kier molecular flexibility index (Phi) is 5.09. The van der Waals surface area contributed by atoms with E-state index in [-0.39, 0.29) is 6.61 Å². The third kappa shape index (κ3) is 3.69. The Labute approximate surface area is 125 Å². The van der Waals surface area contributed by atoms with Crippen LogP contribution >= 0.6 is 0 Å². The van der Waals surface area contributed by atoms with E-state index < -0.39 is 0 Å². The number of nitriles is 1.